The third-order valence-corrected chi connectivity index (χ3v) is 6.97. The fraction of sp³-hybridized carbons (Fsp3) is 0.267. The molecule has 2 N–H and O–H groups in total. The standard InChI is InChI=1S/C30H31N3O2/c1-20(16-17-22-10-4-3-5-11-22)31-27(34)18-19-33-29(23-12-6-7-13-24(23)30(33)35)28-21(2)32-26-15-9-8-14-25(26)28/h3-15,20,29,32H,16-19H2,1-2H3,(H,31,34)/t20-,29-/m1/s1. The van der Waals surface area contributed by atoms with E-state index in [2.05, 4.69) is 41.5 Å². The topological polar surface area (TPSA) is 65.2 Å². The molecule has 0 fully saturated rings. The van der Waals surface area contributed by atoms with Crippen molar-refractivity contribution in [1.82, 2.24) is 15.2 Å². The Bertz CT molecular complexity index is 1360. The quantitative estimate of drug-likeness (QED) is 0.358. The summed E-state index contributed by atoms with van der Waals surface area (Å²) in [4.78, 5) is 31.6. The number of rotatable bonds is 8. The number of amides is 2. The average Bonchev–Trinajstić information content (AvgIpc) is 3.34. The molecule has 2 atom stereocenters. The number of aromatic nitrogens is 1. The third-order valence-electron chi connectivity index (χ3n) is 6.97. The maximum atomic E-state index is 13.4. The summed E-state index contributed by atoms with van der Waals surface area (Å²) in [5.41, 5.74) is 6.20. The van der Waals surface area contributed by atoms with Gasteiger partial charge in [0.2, 0.25) is 5.91 Å². The lowest BCUT2D eigenvalue weighted by Crippen LogP contribution is -2.37. The summed E-state index contributed by atoms with van der Waals surface area (Å²) in [5.74, 6) is -0.0380. The molecular weight excluding hydrogens is 434 g/mol. The van der Waals surface area contributed by atoms with Crippen LogP contribution in [0.4, 0.5) is 0 Å². The van der Waals surface area contributed by atoms with E-state index < -0.39 is 0 Å². The summed E-state index contributed by atoms with van der Waals surface area (Å²) in [7, 11) is 0. The van der Waals surface area contributed by atoms with Gasteiger partial charge in [-0.25, -0.2) is 0 Å². The molecule has 1 aliphatic rings. The summed E-state index contributed by atoms with van der Waals surface area (Å²) >= 11 is 0. The van der Waals surface area contributed by atoms with Gasteiger partial charge in [-0.1, -0.05) is 66.7 Å². The fourth-order valence-electron chi connectivity index (χ4n) is 5.23. The van der Waals surface area contributed by atoms with Gasteiger partial charge in [-0.2, -0.15) is 0 Å². The van der Waals surface area contributed by atoms with Crippen molar-refractivity contribution in [3.63, 3.8) is 0 Å². The Morgan fingerprint density at radius 2 is 1.71 bits per heavy atom. The van der Waals surface area contributed by atoms with Gasteiger partial charge < -0.3 is 15.2 Å². The first-order valence-electron chi connectivity index (χ1n) is 12.3. The van der Waals surface area contributed by atoms with Crippen molar-refractivity contribution in [2.24, 2.45) is 0 Å². The monoisotopic (exact) mass is 465 g/mol. The van der Waals surface area contributed by atoms with E-state index in [1.165, 1.54) is 5.56 Å². The Kier molecular flexibility index (Phi) is 6.41. The van der Waals surface area contributed by atoms with Gasteiger partial charge in [0, 0.05) is 46.7 Å². The predicted molar refractivity (Wildman–Crippen MR) is 139 cm³/mol. The zero-order valence-corrected chi connectivity index (χ0v) is 20.3. The molecule has 1 aliphatic heterocycles. The molecule has 4 aromatic rings. The molecule has 2 heterocycles. The lowest BCUT2D eigenvalue weighted by atomic mass is 9.95. The van der Waals surface area contributed by atoms with Gasteiger partial charge >= 0.3 is 0 Å². The van der Waals surface area contributed by atoms with E-state index in [1.807, 2.05) is 66.4 Å². The zero-order chi connectivity index (χ0) is 24.4. The molecule has 0 aliphatic carbocycles. The molecule has 0 saturated carbocycles. The minimum atomic E-state index is -0.210. The van der Waals surface area contributed by atoms with Crippen LogP contribution in [0.2, 0.25) is 0 Å². The van der Waals surface area contributed by atoms with Crippen LogP contribution in [-0.4, -0.2) is 34.3 Å². The molecule has 0 bridgehead atoms. The lowest BCUT2D eigenvalue weighted by Gasteiger charge is -2.26. The normalized spacial score (nSPS) is 15.9. The summed E-state index contributed by atoms with van der Waals surface area (Å²) in [5, 5.41) is 4.23. The number of hydrogen-bond donors (Lipinski definition) is 2. The number of para-hydroxylation sites is 1. The van der Waals surface area contributed by atoms with Crippen LogP contribution in [0.15, 0.2) is 78.9 Å². The number of H-pyrrole nitrogens is 1. The highest BCUT2D eigenvalue weighted by Crippen LogP contribution is 2.42. The Labute approximate surface area is 206 Å². The SMILES string of the molecule is Cc1[nH]c2ccccc2c1[C@H]1c2ccccc2C(=O)N1CCC(=O)N[C@H](C)CCc1ccccc1. The Morgan fingerprint density at radius 1 is 1.00 bits per heavy atom. The molecule has 5 heteroatoms. The molecule has 0 spiro atoms. The highest BCUT2D eigenvalue weighted by Gasteiger charge is 2.39. The number of aromatic amines is 1. The number of carbonyl (C=O) groups is 2. The van der Waals surface area contributed by atoms with Crippen molar-refractivity contribution >= 4 is 22.7 Å². The average molecular weight is 466 g/mol. The molecule has 3 aromatic carbocycles. The second-order valence-electron chi connectivity index (χ2n) is 9.44. The van der Waals surface area contributed by atoms with Gasteiger partial charge in [-0.05, 0) is 49.9 Å². The van der Waals surface area contributed by atoms with E-state index in [1.54, 1.807) is 0 Å². The third kappa shape index (κ3) is 4.59. The Morgan fingerprint density at radius 3 is 2.54 bits per heavy atom. The number of fused-ring (bicyclic) bond motifs is 2. The van der Waals surface area contributed by atoms with Crippen LogP contribution < -0.4 is 5.32 Å². The summed E-state index contributed by atoms with van der Waals surface area (Å²) in [6.45, 7) is 4.46. The van der Waals surface area contributed by atoms with Crippen LogP contribution in [-0.2, 0) is 11.2 Å². The Balaban J connectivity index is 1.31. The van der Waals surface area contributed by atoms with Crippen LogP contribution in [0.25, 0.3) is 10.9 Å². The van der Waals surface area contributed by atoms with Crippen LogP contribution in [0.3, 0.4) is 0 Å². The minimum Gasteiger partial charge on any atom is -0.358 e. The molecule has 0 saturated heterocycles. The van der Waals surface area contributed by atoms with E-state index in [-0.39, 0.29) is 30.3 Å². The number of benzene rings is 3. The summed E-state index contributed by atoms with van der Waals surface area (Å²) in [6.07, 6.45) is 2.07. The van der Waals surface area contributed by atoms with E-state index in [0.29, 0.717) is 6.54 Å². The number of carbonyl (C=O) groups excluding carboxylic acids is 2. The first-order chi connectivity index (χ1) is 17.0. The second-order valence-corrected chi connectivity index (χ2v) is 9.44. The first kappa shape index (κ1) is 22.9. The van der Waals surface area contributed by atoms with Crippen LogP contribution in [0.5, 0.6) is 0 Å². The van der Waals surface area contributed by atoms with Gasteiger partial charge in [-0.15, -0.1) is 0 Å². The Hall–Kier alpha value is -3.86. The van der Waals surface area contributed by atoms with Gasteiger partial charge in [0.15, 0.2) is 0 Å². The van der Waals surface area contributed by atoms with Crippen LogP contribution in [0, 0.1) is 6.92 Å². The van der Waals surface area contributed by atoms with Gasteiger partial charge in [0.1, 0.15) is 0 Å². The lowest BCUT2D eigenvalue weighted by molar-refractivity contribution is -0.121. The molecular formula is C30H31N3O2. The summed E-state index contributed by atoms with van der Waals surface area (Å²) < 4.78 is 0. The van der Waals surface area contributed by atoms with E-state index >= 15 is 0 Å². The minimum absolute atomic E-state index is 0.0137. The van der Waals surface area contributed by atoms with E-state index in [4.69, 9.17) is 0 Å². The molecule has 0 unspecified atom stereocenters. The van der Waals surface area contributed by atoms with Crippen molar-refractivity contribution in [3.05, 3.63) is 107 Å². The fourth-order valence-corrected chi connectivity index (χ4v) is 5.23. The molecule has 1 aromatic heterocycles. The molecule has 2 amide bonds. The van der Waals surface area contributed by atoms with E-state index in [9.17, 15) is 9.59 Å². The molecule has 5 nitrogen and oxygen atoms in total. The number of aryl methyl sites for hydroxylation is 2. The van der Waals surface area contributed by atoms with Gasteiger partial charge in [0.25, 0.3) is 5.91 Å². The van der Waals surface area contributed by atoms with Crippen LogP contribution in [0.1, 0.15) is 58.5 Å². The second kappa shape index (κ2) is 9.79. The number of hydrogen-bond acceptors (Lipinski definition) is 2. The van der Waals surface area contributed by atoms with Crippen molar-refractivity contribution in [2.45, 2.75) is 45.2 Å². The zero-order valence-electron chi connectivity index (χ0n) is 20.3. The van der Waals surface area contributed by atoms with Gasteiger partial charge in [0.05, 0.1) is 6.04 Å². The maximum absolute atomic E-state index is 13.4. The van der Waals surface area contributed by atoms with Crippen molar-refractivity contribution in [1.29, 1.82) is 0 Å². The summed E-state index contributed by atoms with van der Waals surface area (Å²) in [6, 6.07) is 26.2. The number of nitrogens with zero attached hydrogens (tertiary/aromatic N) is 1. The highest BCUT2D eigenvalue weighted by molar-refractivity contribution is 6.01. The molecule has 35 heavy (non-hydrogen) atoms. The van der Waals surface area contributed by atoms with Crippen molar-refractivity contribution in [2.75, 3.05) is 6.54 Å². The largest absolute Gasteiger partial charge is 0.358 e. The molecule has 178 valence electrons. The van der Waals surface area contributed by atoms with Gasteiger partial charge in [-0.3, -0.25) is 9.59 Å². The predicted octanol–water partition coefficient (Wildman–Crippen LogP) is 5.55. The van der Waals surface area contributed by atoms with Crippen LogP contribution >= 0.6 is 0 Å². The van der Waals surface area contributed by atoms with Crippen molar-refractivity contribution < 1.29 is 9.59 Å². The first-order valence-corrected chi connectivity index (χ1v) is 12.3. The molecule has 0 radical (unpaired) electrons. The molecule has 5 rings (SSSR count). The van der Waals surface area contributed by atoms with E-state index in [0.717, 1.165) is 46.1 Å². The highest BCUT2D eigenvalue weighted by atomic mass is 16.2. The maximum Gasteiger partial charge on any atom is 0.255 e. The van der Waals surface area contributed by atoms with Crippen molar-refractivity contribution in [3.8, 4) is 0 Å². The smallest absolute Gasteiger partial charge is 0.255 e. The number of nitrogens with one attached hydrogen (secondary N) is 2.